The van der Waals surface area contributed by atoms with Crippen LogP contribution in [0, 0.1) is 6.92 Å². The lowest BCUT2D eigenvalue weighted by Crippen LogP contribution is -2.40. The largest absolute Gasteiger partial charge is 0.480 e. The van der Waals surface area contributed by atoms with E-state index in [2.05, 4.69) is 10.2 Å². The van der Waals surface area contributed by atoms with Gasteiger partial charge in [0, 0.05) is 7.05 Å². The van der Waals surface area contributed by atoms with Crippen LogP contribution in [0.5, 0.6) is 0 Å². The van der Waals surface area contributed by atoms with Crippen LogP contribution in [0.3, 0.4) is 0 Å². The number of aliphatic carboxylic acids is 1. The van der Waals surface area contributed by atoms with Gasteiger partial charge in [0.2, 0.25) is 0 Å². The molecule has 1 atom stereocenters. The molecule has 0 bridgehead atoms. The third-order valence-electron chi connectivity index (χ3n) is 3.68. The molecular weight excluding hydrogens is 232 g/mol. The van der Waals surface area contributed by atoms with Gasteiger partial charge >= 0.3 is 5.97 Å². The van der Waals surface area contributed by atoms with Gasteiger partial charge in [-0.15, -0.1) is 10.2 Å². The SMILES string of the molecule is Cc1nnc(CN2CCCCCC2C(=O)O)n1C. The molecule has 100 valence electrons. The summed E-state index contributed by atoms with van der Waals surface area (Å²) in [6.07, 6.45) is 3.89. The molecule has 0 saturated carbocycles. The first-order valence-corrected chi connectivity index (χ1v) is 6.41. The number of hydrogen-bond donors (Lipinski definition) is 1. The summed E-state index contributed by atoms with van der Waals surface area (Å²) in [5, 5.41) is 17.4. The number of aromatic nitrogens is 3. The fourth-order valence-corrected chi connectivity index (χ4v) is 2.41. The van der Waals surface area contributed by atoms with Crippen LogP contribution in [0.15, 0.2) is 0 Å². The molecule has 1 unspecified atom stereocenters. The minimum Gasteiger partial charge on any atom is -0.480 e. The maximum Gasteiger partial charge on any atom is 0.320 e. The minimum absolute atomic E-state index is 0.385. The lowest BCUT2D eigenvalue weighted by atomic mass is 10.1. The molecule has 0 spiro atoms. The van der Waals surface area contributed by atoms with E-state index in [-0.39, 0.29) is 6.04 Å². The van der Waals surface area contributed by atoms with Crippen molar-refractivity contribution in [2.24, 2.45) is 7.05 Å². The average molecular weight is 252 g/mol. The van der Waals surface area contributed by atoms with Gasteiger partial charge in [0.05, 0.1) is 6.54 Å². The number of rotatable bonds is 3. The van der Waals surface area contributed by atoms with Gasteiger partial charge in [-0.3, -0.25) is 9.69 Å². The molecule has 1 aromatic heterocycles. The Hall–Kier alpha value is -1.43. The molecule has 18 heavy (non-hydrogen) atoms. The van der Waals surface area contributed by atoms with Crippen molar-refractivity contribution in [2.45, 2.75) is 45.2 Å². The molecule has 1 saturated heterocycles. The zero-order valence-corrected chi connectivity index (χ0v) is 11.0. The highest BCUT2D eigenvalue weighted by atomic mass is 16.4. The summed E-state index contributed by atoms with van der Waals surface area (Å²) in [4.78, 5) is 13.3. The Morgan fingerprint density at radius 3 is 2.78 bits per heavy atom. The molecule has 6 heteroatoms. The summed E-state index contributed by atoms with van der Waals surface area (Å²) in [6.45, 7) is 3.28. The molecule has 0 amide bonds. The van der Waals surface area contributed by atoms with E-state index in [1.165, 1.54) is 0 Å². The third-order valence-corrected chi connectivity index (χ3v) is 3.68. The molecular formula is C12H20N4O2. The summed E-state index contributed by atoms with van der Waals surface area (Å²) in [5.74, 6) is 0.961. The Kier molecular flexibility index (Phi) is 3.96. The molecule has 0 radical (unpaired) electrons. The van der Waals surface area contributed by atoms with E-state index in [4.69, 9.17) is 0 Å². The zero-order chi connectivity index (χ0) is 13.1. The zero-order valence-electron chi connectivity index (χ0n) is 11.0. The van der Waals surface area contributed by atoms with Crippen molar-refractivity contribution < 1.29 is 9.90 Å². The molecule has 2 heterocycles. The lowest BCUT2D eigenvalue weighted by Gasteiger charge is -2.25. The predicted molar refractivity (Wildman–Crippen MR) is 66.0 cm³/mol. The Balaban J connectivity index is 2.13. The van der Waals surface area contributed by atoms with E-state index in [1.807, 2.05) is 23.4 Å². The number of carbonyl (C=O) groups is 1. The van der Waals surface area contributed by atoms with Gasteiger partial charge in [0.25, 0.3) is 0 Å². The Morgan fingerprint density at radius 2 is 2.17 bits per heavy atom. The van der Waals surface area contributed by atoms with Crippen molar-refractivity contribution in [1.82, 2.24) is 19.7 Å². The summed E-state index contributed by atoms with van der Waals surface area (Å²) in [6, 6.07) is -0.385. The highest BCUT2D eigenvalue weighted by Gasteiger charge is 2.28. The monoisotopic (exact) mass is 252 g/mol. The van der Waals surface area contributed by atoms with E-state index in [1.54, 1.807) is 0 Å². The van der Waals surface area contributed by atoms with Gasteiger partial charge in [-0.1, -0.05) is 12.8 Å². The smallest absolute Gasteiger partial charge is 0.320 e. The molecule has 1 fully saturated rings. The summed E-state index contributed by atoms with van der Waals surface area (Å²) < 4.78 is 1.92. The van der Waals surface area contributed by atoms with Crippen molar-refractivity contribution in [3.8, 4) is 0 Å². The Morgan fingerprint density at radius 1 is 1.39 bits per heavy atom. The number of hydrogen-bond acceptors (Lipinski definition) is 4. The normalized spacial score (nSPS) is 21.8. The first-order chi connectivity index (χ1) is 8.59. The maximum absolute atomic E-state index is 11.3. The van der Waals surface area contributed by atoms with Crippen molar-refractivity contribution in [3.05, 3.63) is 11.6 Å². The van der Waals surface area contributed by atoms with Crippen LogP contribution in [-0.2, 0) is 18.4 Å². The van der Waals surface area contributed by atoms with Crippen LogP contribution in [0.1, 0.15) is 37.3 Å². The van der Waals surface area contributed by atoms with Gasteiger partial charge < -0.3 is 9.67 Å². The van der Waals surface area contributed by atoms with E-state index in [9.17, 15) is 9.90 Å². The number of nitrogens with zero attached hydrogens (tertiary/aromatic N) is 4. The second kappa shape index (κ2) is 5.48. The molecule has 0 aromatic carbocycles. The average Bonchev–Trinajstić information content (AvgIpc) is 2.57. The van der Waals surface area contributed by atoms with Crippen LogP contribution < -0.4 is 0 Å². The Bertz CT molecular complexity index is 430. The lowest BCUT2D eigenvalue weighted by molar-refractivity contribution is -0.143. The number of aryl methyl sites for hydroxylation is 1. The van der Waals surface area contributed by atoms with E-state index in [0.717, 1.165) is 43.9 Å². The first kappa shape index (κ1) is 13.0. The number of carboxylic acid groups (broad SMARTS) is 1. The molecule has 1 aromatic rings. The standard InChI is InChI=1S/C12H20N4O2/c1-9-13-14-11(15(9)2)8-16-7-5-3-4-6-10(16)12(17)18/h10H,3-8H2,1-2H3,(H,17,18). The summed E-state index contributed by atoms with van der Waals surface area (Å²) in [7, 11) is 1.91. The van der Waals surface area contributed by atoms with Crippen LogP contribution in [0.4, 0.5) is 0 Å². The van der Waals surface area contributed by atoms with Gasteiger partial charge in [-0.2, -0.15) is 0 Å². The van der Waals surface area contributed by atoms with Crippen LogP contribution in [-0.4, -0.2) is 43.3 Å². The van der Waals surface area contributed by atoms with E-state index < -0.39 is 5.97 Å². The fraction of sp³-hybridized carbons (Fsp3) is 0.750. The van der Waals surface area contributed by atoms with Gasteiger partial charge in [-0.05, 0) is 26.3 Å². The highest BCUT2D eigenvalue weighted by Crippen LogP contribution is 2.19. The van der Waals surface area contributed by atoms with Crippen molar-refractivity contribution in [3.63, 3.8) is 0 Å². The quantitative estimate of drug-likeness (QED) is 0.867. The second-order valence-corrected chi connectivity index (χ2v) is 4.90. The van der Waals surface area contributed by atoms with Crippen LogP contribution >= 0.6 is 0 Å². The fourth-order valence-electron chi connectivity index (χ4n) is 2.41. The van der Waals surface area contributed by atoms with Gasteiger partial charge in [0.15, 0.2) is 0 Å². The molecule has 2 rings (SSSR count). The first-order valence-electron chi connectivity index (χ1n) is 6.41. The predicted octanol–water partition coefficient (Wildman–Crippen LogP) is 0.953. The number of carboxylic acids is 1. The second-order valence-electron chi connectivity index (χ2n) is 4.90. The van der Waals surface area contributed by atoms with E-state index in [0.29, 0.717) is 6.54 Å². The van der Waals surface area contributed by atoms with Crippen molar-refractivity contribution in [1.29, 1.82) is 0 Å². The van der Waals surface area contributed by atoms with Crippen molar-refractivity contribution in [2.75, 3.05) is 6.54 Å². The molecule has 1 aliphatic heterocycles. The van der Waals surface area contributed by atoms with Crippen LogP contribution in [0.25, 0.3) is 0 Å². The minimum atomic E-state index is -0.726. The van der Waals surface area contributed by atoms with Crippen molar-refractivity contribution >= 4 is 5.97 Å². The molecule has 1 N–H and O–H groups in total. The summed E-state index contributed by atoms with van der Waals surface area (Å²) in [5.41, 5.74) is 0. The molecule has 0 aliphatic carbocycles. The highest BCUT2D eigenvalue weighted by molar-refractivity contribution is 5.73. The Labute approximate surface area is 107 Å². The maximum atomic E-state index is 11.3. The molecule has 1 aliphatic rings. The van der Waals surface area contributed by atoms with Gasteiger partial charge in [0.1, 0.15) is 17.7 Å². The van der Waals surface area contributed by atoms with Gasteiger partial charge in [-0.25, -0.2) is 0 Å². The summed E-state index contributed by atoms with van der Waals surface area (Å²) >= 11 is 0. The topological polar surface area (TPSA) is 71.2 Å². The third kappa shape index (κ3) is 2.69. The molecule has 6 nitrogen and oxygen atoms in total. The van der Waals surface area contributed by atoms with E-state index >= 15 is 0 Å². The number of likely N-dealkylation sites (tertiary alicyclic amines) is 1. The van der Waals surface area contributed by atoms with Crippen LogP contribution in [0.2, 0.25) is 0 Å².